The smallest absolute Gasteiger partial charge is 0.254 e. The van der Waals surface area contributed by atoms with Gasteiger partial charge >= 0.3 is 0 Å². The average molecular weight is 450 g/mol. The van der Waals surface area contributed by atoms with Crippen LogP contribution in [0.25, 0.3) is 0 Å². The summed E-state index contributed by atoms with van der Waals surface area (Å²) in [6, 6.07) is 18.1. The standard InChI is InChI=1S/C26H24F2N2O3/c1-33-15-14-30-24(18-8-12-20(28)13-9-18)23(21-4-2-3-5-22(21)26(30)32)25(31)29-16-17-6-10-19(27)11-7-17/h2-13,23-24H,14-16H2,1H3,(H,29,31)/t23-,24-/m1/s1. The molecule has 5 nitrogen and oxygen atoms in total. The Labute approximate surface area is 191 Å². The first-order valence-corrected chi connectivity index (χ1v) is 10.7. The minimum absolute atomic E-state index is 0.208. The normalized spacial score (nSPS) is 17.5. The Morgan fingerprint density at radius 1 is 0.970 bits per heavy atom. The Bertz CT molecular complexity index is 1130. The molecular formula is C26H24F2N2O3. The number of hydrogen-bond donors (Lipinski definition) is 1. The molecule has 0 spiro atoms. The van der Waals surface area contributed by atoms with Gasteiger partial charge in [0.05, 0.1) is 18.6 Å². The number of fused-ring (bicyclic) bond motifs is 1. The van der Waals surface area contributed by atoms with Crippen LogP contribution in [-0.2, 0) is 16.1 Å². The number of halogens is 2. The van der Waals surface area contributed by atoms with Crippen molar-refractivity contribution in [2.24, 2.45) is 0 Å². The van der Waals surface area contributed by atoms with E-state index in [0.717, 1.165) is 5.56 Å². The first-order chi connectivity index (χ1) is 16.0. The predicted molar refractivity (Wildman–Crippen MR) is 119 cm³/mol. The lowest BCUT2D eigenvalue weighted by Crippen LogP contribution is -2.48. The lowest BCUT2D eigenvalue weighted by atomic mass is 9.79. The molecule has 0 fully saturated rings. The van der Waals surface area contributed by atoms with Crippen molar-refractivity contribution in [3.05, 3.63) is 107 Å². The molecule has 2 amide bonds. The highest BCUT2D eigenvalue weighted by molar-refractivity contribution is 6.01. The molecule has 1 aliphatic heterocycles. The van der Waals surface area contributed by atoms with Crippen molar-refractivity contribution < 1.29 is 23.1 Å². The Kier molecular flexibility index (Phi) is 6.79. The number of methoxy groups -OCH3 is 1. The maximum absolute atomic E-state index is 13.7. The van der Waals surface area contributed by atoms with Crippen LogP contribution in [0.3, 0.4) is 0 Å². The van der Waals surface area contributed by atoms with Crippen LogP contribution in [0.15, 0.2) is 72.8 Å². The van der Waals surface area contributed by atoms with Crippen LogP contribution in [0.4, 0.5) is 8.78 Å². The summed E-state index contributed by atoms with van der Waals surface area (Å²) < 4.78 is 32.1. The van der Waals surface area contributed by atoms with Gasteiger partial charge in [0.2, 0.25) is 5.91 Å². The predicted octanol–water partition coefficient (Wildman–Crippen LogP) is 4.21. The largest absolute Gasteiger partial charge is 0.383 e. The van der Waals surface area contributed by atoms with Gasteiger partial charge in [0, 0.05) is 25.8 Å². The van der Waals surface area contributed by atoms with E-state index in [2.05, 4.69) is 5.32 Å². The molecule has 0 bridgehead atoms. The summed E-state index contributed by atoms with van der Waals surface area (Å²) in [6.45, 7) is 0.767. The van der Waals surface area contributed by atoms with Crippen LogP contribution in [0.5, 0.6) is 0 Å². The molecule has 1 N–H and O–H groups in total. The van der Waals surface area contributed by atoms with Crippen LogP contribution in [-0.4, -0.2) is 37.0 Å². The summed E-state index contributed by atoms with van der Waals surface area (Å²) >= 11 is 0. The number of amides is 2. The number of nitrogens with one attached hydrogen (secondary N) is 1. The van der Waals surface area contributed by atoms with E-state index in [9.17, 15) is 18.4 Å². The van der Waals surface area contributed by atoms with Gasteiger partial charge in [-0.2, -0.15) is 0 Å². The Balaban J connectivity index is 1.74. The van der Waals surface area contributed by atoms with E-state index in [1.54, 1.807) is 60.5 Å². The molecule has 3 aromatic carbocycles. The molecule has 0 aliphatic carbocycles. The third kappa shape index (κ3) is 4.78. The van der Waals surface area contributed by atoms with Gasteiger partial charge in [-0.1, -0.05) is 42.5 Å². The van der Waals surface area contributed by atoms with E-state index in [4.69, 9.17) is 4.74 Å². The van der Waals surface area contributed by atoms with Gasteiger partial charge in [0.25, 0.3) is 5.91 Å². The highest BCUT2D eigenvalue weighted by atomic mass is 19.1. The number of carbonyl (C=O) groups excluding carboxylic acids is 2. The maximum Gasteiger partial charge on any atom is 0.254 e. The fourth-order valence-corrected chi connectivity index (χ4v) is 4.24. The second kappa shape index (κ2) is 9.92. The molecule has 3 aromatic rings. The van der Waals surface area contributed by atoms with Gasteiger partial charge in [-0.3, -0.25) is 9.59 Å². The minimum atomic E-state index is -0.721. The molecule has 0 saturated carbocycles. The van der Waals surface area contributed by atoms with Gasteiger partial charge in [-0.25, -0.2) is 8.78 Å². The molecule has 2 atom stereocenters. The van der Waals surface area contributed by atoms with Crippen LogP contribution in [0.1, 0.15) is 39.0 Å². The summed E-state index contributed by atoms with van der Waals surface area (Å²) in [5, 5.41) is 2.93. The summed E-state index contributed by atoms with van der Waals surface area (Å²) in [5.74, 6) is -1.96. The Morgan fingerprint density at radius 2 is 1.61 bits per heavy atom. The molecule has 33 heavy (non-hydrogen) atoms. The highest BCUT2D eigenvalue weighted by Gasteiger charge is 2.43. The van der Waals surface area contributed by atoms with Crippen LogP contribution in [0.2, 0.25) is 0 Å². The third-order valence-corrected chi connectivity index (χ3v) is 5.85. The quantitative estimate of drug-likeness (QED) is 0.587. The zero-order chi connectivity index (χ0) is 23.4. The van der Waals surface area contributed by atoms with E-state index in [0.29, 0.717) is 16.7 Å². The van der Waals surface area contributed by atoms with E-state index < -0.39 is 17.8 Å². The van der Waals surface area contributed by atoms with Gasteiger partial charge in [-0.15, -0.1) is 0 Å². The Morgan fingerprint density at radius 3 is 2.27 bits per heavy atom. The van der Waals surface area contributed by atoms with Crippen LogP contribution < -0.4 is 5.32 Å². The van der Waals surface area contributed by atoms with Crippen molar-refractivity contribution in [2.45, 2.75) is 18.5 Å². The molecule has 7 heteroatoms. The maximum atomic E-state index is 13.7. The van der Waals surface area contributed by atoms with Gasteiger partial charge in [-0.05, 0) is 47.0 Å². The van der Waals surface area contributed by atoms with Gasteiger partial charge in [0.15, 0.2) is 0 Å². The minimum Gasteiger partial charge on any atom is -0.383 e. The van der Waals surface area contributed by atoms with E-state index >= 15 is 0 Å². The van der Waals surface area contributed by atoms with Crippen LogP contribution >= 0.6 is 0 Å². The zero-order valence-electron chi connectivity index (χ0n) is 18.1. The molecule has 0 unspecified atom stereocenters. The first-order valence-electron chi connectivity index (χ1n) is 10.7. The number of rotatable bonds is 7. The number of benzene rings is 3. The monoisotopic (exact) mass is 450 g/mol. The topological polar surface area (TPSA) is 58.6 Å². The molecule has 0 radical (unpaired) electrons. The summed E-state index contributed by atoms with van der Waals surface area (Å²) in [4.78, 5) is 28.5. The molecular weight excluding hydrogens is 426 g/mol. The summed E-state index contributed by atoms with van der Waals surface area (Å²) in [7, 11) is 1.54. The summed E-state index contributed by atoms with van der Waals surface area (Å²) in [5.41, 5.74) is 2.47. The van der Waals surface area contributed by atoms with Crippen molar-refractivity contribution in [3.8, 4) is 0 Å². The molecule has 0 saturated heterocycles. The molecule has 170 valence electrons. The zero-order valence-corrected chi connectivity index (χ0v) is 18.1. The number of nitrogens with zero attached hydrogens (tertiary/aromatic N) is 1. The van der Waals surface area contributed by atoms with E-state index in [1.807, 2.05) is 0 Å². The fourth-order valence-electron chi connectivity index (χ4n) is 4.24. The van der Waals surface area contributed by atoms with Crippen molar-refractivity contribution in [1.29, 1.82) is 0 Å². The molecule has 0 aromatic heterocycles. The van der Waals surface area contributed by atoms with Crippen molar-refractivity contribution >= 4 is 11.8 Å². The highest BCUT2D eigenvalue weighted by Crippen LogP contribution is 2.42. The van der Waals surface area contributed by atoms with Crippen molar-refractivity contribution in [2.75, 3.05) is 20.3 Å². The summed E-state index contributed by atoms with van der Waals surface area (Å²) in [6.07, 6.45) is 0. The second-order valence-corrected chi connectivity index (χ2v) is 7.90. The lowest BCUT2D eigenvalue weighted by Gasteiger charge is -2.41. The van der Waals surface area contributed by atoms with Crippen LogP contribution in [0, 0.1) is 11.6 Å². The van der Waals surface area contributed by atoms with E-state index in [-0.39, 0.29) is 37.3 Å². The number of carbonyl (C=O) groups is 2. The second-order valence-electron chi connectivity index (χ2n) is 7.90. The van der Waals surface area contributed by atoms with Crippen molar-refractivity contribution in [3.63, 3.8) is 0 Å². The number of hydrogen-bond acceptors (Lipinski definition) is 3. The lowest BCUT2D eigenvalue weighted by molar-refractivity contribution is -0.124. The third-order valence-electron chi connectivity index (χ3n) is 5.85. The van der Waals surface area contributed by atoms with Gasteiger partial charge < -0.3 is 15.0 Å². The van der Waals surface area contributed by atoms with Gasteiger partial charge in [0.1, 0.15) is 11.6 Å². The fraction of sp³-hybridized carbons (Fsp3) is 0.231. The number of ether oxygens (including phenoxy) is 1. The molecule has 4 rings (SSSR count). The molecule has 1 heterocycles. The van der Waals surface area contributed by atoms with E-state index in [1.165, 1.54) is 24.3 Å². The molecule has 1 aliphatic rings. The SMILES string of the molecule is COCCN1C(=O)c2ccccc2[C@@H](C(=O)NCc2ccc(F)cc2)[C@H]1c1ccc(F)cc1. The Hall–Kier alpha value is -3.58. The van der Waals surface area contributed by atoms with Crippen molar-refractivity contribution in [1.82, 2.24) is 10.2 Å². The first kappa shape index (κ1) is 22.6. The average Bonchev–Trinajstić information content (AvgIpc) is 2.83.